The van der Waals surface area contributed by atoms with Gasteiger partial charge in [0.15, 0.2) is 0 Å². The summed E-state index contributed by atoms with van der Waals surface area (Å²) in [6.07, 6.45) is 0. The van der Waals surface area contributed by atoms with E-state index < -0.39 is 5.91 Å². The number of carbonyl (C=O) groups excluding carboxylic acids is 1. The van der Waals surface area contributed by atoms with Crippen LogP contribution < -0.4 is 10.5 Å². The van der Waals surface area contributed by atoms with E-state index in [1.165, 1.54) is 6.07 Å². The molecule has 4 heteroatoms. The summed E-state index contributed by atoms with van der Waals surface area (Å²) in [7, 11) is 0. The Balaban J connectivity index is 1.93. The molecule has 104 valence electrons. The minimum atomic E-state index is -0.519. The molecule has 1 amide bonds. The fourth-order valence-electron chi connectivity index (χ4n) is 2.09. The summed E-state index contributed by atoms with van der Waals surface area (Å²) in [5.74, 6) is 0.647. The van der Waals surface area contributed by atoms with E-state index in [4.69, 9.17) is 22.1 Å². The molecule has 2 N–H and O–H groups in total. The fourth-order valence-corrected chi connectivity index (χ4v) is 2.31. The van der Waals surface area contributed by atoms with Crippen molar-refractivity contribution in [1.29, 1.82) is 0 Å². The topological polar surface area (TPSA) is 52.3 Å². The van der Waals surface area contributed by atoms with Crippen LogP contribution in [-0.2, 0) is 0 Å². The minimum absolute atomic E-state index is 0.347. The number of nitrogens with two attached hydrogens (primary N) is 1. The number of amides is 1. The van der Waals surface area contributed by atoms with Gasteiger partial charge in [0.2, 0.25) is 5.91 Å². The van der Waals surface area contributed by atoms with Crippen molar-refractivity contribution in [3.05, 3.63) is 71.2 Å². The standard InChI is InChI=1S/C17H12ClNO2/c18-15-10-13(17(19)20)6-8-16(15)21-14-7-5-11-3-1-2-4-12(11)9-14/h1-10H,(H2,19,20). The zero-order chi connectivity index (χ0) is 14.8. The largest absolute Gasteiger partial charge is 0.456 e. The second-order valence-electron chi connectivity index (χ2n) is 4.62. The monoisotopic (exact) mass is 297 g/mol. The third kappa shape index (κ3) is 2.83. The maximum atomic E-state index is 11.1. The van der Waals surface area contributed by atoms with Crippen molar-refractivity contribution < 1.29 is 9.53 Å². The number of hydrogen-bond acceptors (Lipinski definition) is 2. The highest BCUT2D eigenvalue weighted by atomic mass is 35.5. The van der Waals surface area contributed by atoms with E-state index in [1.54, 1.807) is 12.1 Å². The highest BCUT2D eigenvalue weighted by Gasteiger charge is 2.08. The Morgan fingerprint density at radius 2 is 1.71 bits per heavy atom. The normalized spacial score (nSPS) is 10.5. The highest BCUT2D eigenvalue weighted by Crippen LogP contribution is 2.31. The van der Waals surface area contributed by atoms with Gasteiger partial charge in [-0.05, 0) is 41.1 Å². The van der Waals surface area contributed by atoms with E-state index in [1.807, 2.05) is 42.5 Å². The molecule has 0 heterocycles. The molecule has 0 radical (unpaired) electrons. The van der Waals surface area contributed by atoms with Crippen LogP contribution >= 0.6 is 11.6 Å². The molecule has 0 unspecified atom stereocenters. The van der Waals surface area contributed by atoms with Gasteiger partial charge in [0.1, 0.15) is 11.5 Å². The van der Waals surface area contributed by atoms with Crippen molar-refractivity contribution in [2.45, 2.75) is 0 Å². The fraction of sp³-hybridized carbons (Fsp3) is 0. The number of ether oxygens (including phenoxy) is 1. The van der Waals surface area contributed by atoms with Crippen LogP contribution in [-0.4, -0.2) is 5.91 Å². The third-order valence-corrected chi connectivity index (χ3v) is 3.46. The minimum Gasteiger partial charge on any atom is -0.456 e. The number of carbonyl (C=O) groups is 1. The number of benzene rings is 3. The van der Waals surface area contributed by atoms with Crippen LogP contribution in [0, 0.1) is 0 Å². The van der Waals surface area contributed by atoms with Gasteiger partial charge in [0, 0.05) is 5.56 Å². The van der Waals surface area contributed by atoms with E-state index >= 15 is 0 Å². The zero-order valence-corrected chi connectivity index (χ0v) is 11.8. The van der Waals surface area contributed by atoms with Crippen LogP contribution in [0.15, 0.2) is 60.7 Å². The molecule has 0 bridgehead atoms. The first-order valence-electron chi connectivity index (χ1n) is 6.39. The van der Waals surface area contributed by atoms with E-state index in [0.29, 0.717) is 22.1 Å². The Hall–Kier alpha value is -2.52. The maximum Gasteiger partial charge on any atom is 0.248 e. The summed E-state index contributed by atoms with van der Waals surface area (Å²) in [5.41, 5.74) is 5.56. The molecule has 0 aromatic heterocycles. The van der Waals surface area contributed by atoms with Gasteiger partial charge in [-0.15, -0.1) is 0 Å². The molecule has 0 atom stereocenters. The van der Waals surface area contributed by atoms with Crippen molar-refractivity contribution in [1.82, 2.24) is 0 Å². The lowest BCUT2D eigenvalue weighted by Crippen LogP contribution is -2.10. The lowest BCUT2D eigenvalue weighted by atomic mass is 10.1. The molecule has 0 aliphatic heterocycles. The first-order valence-corrected chi connectivity index (χ1v) is 6.77. The van der Waals surface area contributed by atoms with Gasteiger partial charge in [0.25, 0.3) is 0 Å². The van der Waals surface area contributed by atoms with Gasteiger partial charge in [-0.25, -0.2) is 0 Å². The molecule has 0 spiro atoms. The first kappa shape index (κ1) is 13.5. The summed E-state index contributed by atoms with van der Waals surface area (Å²) in [6.45, 7) is 0. The molecule has 0 aliphatic rings. The Kier molecular flexibility index (Phi) is 3.50. The summed E-state index contributed by atoms with van der Waals surface area (Å²) in [6, 6.07) is 18.5. The average molecular weight is 298 g/mol. The molecule has 0 saturated heterocycles. The number of rotatable bonds is 3. The van der Waals surface area contributed by atoms with Gasteiger partial charge in [-0.2, -0.15) is 0 Å². The molecule has 3 aromatic carbocycles. The molecular weight excluding hydrogens is 286 g/mol. The molecule has 21 heavy (non-hydrogen) atoms. The molecule has 3 aromatic rings. The van der Waals surface area contributed by atoms with Crippen LogP contribution in [0.3, 0.4) is 0 Å². The van der Waals surface area contributed by atoms with Gasteiger partial charge >= 0.3 is 0 Å². The van der Waals surface area contributed by atoms with E-state index in [-0.39, 0.29) is 0 Å². The Labute approximate surface area is 126 Å². The van der Waals surface area contributed by atoms with Crippen molar-refractivity contribution >= 4 is 28.3 Å². The molecule has 0 saturated carbocycles. The summed E-state index contributed by atoms with van der Waals surface area (Å²) in [5, 5.41) is 2.57. The molecule has 3 nitrogen and oxygen atoms in total. The van der Waals surface area contributed by atoms with Crippen molar-refractivity contribution in [3.63, 3.8) is 0 Å². The molecular formula is C17H12ClNO2. The van der Waals surface area contributed by atoms with Crippen molar-refractivity contribution in [3.8, 4) is 11.5 Å². The second-order valence-corrected chi connectivity index (χ2v) is 5.03. The quantitative estimate of drug-likeness (QED) is 0.779. The lowest BCUT2D eigenvalue weighted by molar-refractivity contribution is 0.100. The first-order chi connectivity index (χ1) is 10.1. The summed E-state index contributed by atoms with van der Waals surface area (Å²) in [4.78, 5) is 11.1. The predicted octanol–water partition coefficient (Wildman–Crippen LogP) is 4.38. The molecule has 0 aliphatic carbocycles. The predicted molar refractivity (Wildman–Crippen MR) is 84.0 cm³/mol. The Morgan fingerprint density at radius 3 is 2.43 bits per heavy atom. The number of hydrogen-bond donors (Lipinski definition) is 1. The number of primary amides is 1. The van der Waals surface area contributed by atoms with E-state index in [9.17, 15) is 4.79 Å². The van der Waals surface area contributed by atoms with Crippen molar-refractivity contribution in [2.24, 2.45) is 5.73 Å². The second kappa shape index (κ2) is 5.46. The van der Waals surface area contributed by atoms with Gasteiger partial charge in [0.05, 0.1) is 5.02 Å². The van der Waals surface area contributed by atoms with Crippen LogP contribution in [0.2, 0.25) is 5.02 Å². The van der Waals surface area contributed by atoms with Crippen LogP contribution in [0.1, 0.15) is 10.4 Å². The maximum absolute atomic E-state index is 11.1. The average Bonchev–Trinajstić information content (AvgIpc) is 2.49. The lowest BCUT2D eigenvalue weighted by Gasteiger charge is -2.09. The number of halogens is 1. The third-order valence-electron chi connectivity index (χ3n) is 3.17. The summed E-state index contributed by atoms with van der Waals surface area (Å²) < 4.78 is 5.77. The molecule has 0 fully saturated rings. The van der Waals surface area contributed by atoms with Crippen LogP contribution in [0.4, 0.5) is 0 Å². The van der Waals surface area contributed by atoms with Gasteiger partial charge < -0.3 is 10.5 Å². The number of fused-ring (bicyclic) bond motifs is 1. The SMILES string of the molecule is NC(=O)c1ccc(Oc2ccc3ccccc3c2)c(Cl)c1. The van der Waals surface area contributed by atoms with Gasteiger partial charge in [-0.1, -0.05) is 41.9 Å². The van der Waals surface area contributed by atoms with Gasteiger partial charge in [-0.3, -0.25) is 4.79 Å². The Bertz CT molecular complexity index is 830. The zero-order valence-electron chi connectivity index (χ0n) is 11.0. The smallest absolute Gasteiger partial charge is 0.248 e. The van der Waals surface area contributed by atoms with E-state index in [2.05, 4.69) is 0 Å². The van der Waals surface area contributed by atoms with Crippen LogP contribution in [0.5, 0.6) is 11.5 Å². The van der Waals surface area contributed by atoms with E-state index in [0.717, 1.165) is 10.8 Å². The van der Waals surface area contributed by atoms with Crippen molar-refractivity contribution in [2.75, 3.05) is 0 Å². The highest BCUT2D eigenvalue weighted by molar-refractivity contribution is 6.32. The molecule has 3 rings (SSSR count). The Morgan fingerprint density at radius 1 is 0.952 bits per heavy atom. The summed E-state index contributed by atoms with van der Waals surface area (Å²) >= 11 is 6.11. The van der Waals surface area contributed by atoms with Crippen LogP contribution in [0.25, 0.3) is 10.8 Å².